The molecule has 150 valence electrons. The van der Waals surface area contributed by atoms with Crippen molar-refractivity contribution < 1.29 is 29.0 Å². The van der Waals surface area contributed by atoms with Gasteiger partial charge in [0.2, 0.25) is 0 Å². The number of carbonyl (C=O) groups is 3. The number of hydrogen-bond donors (Lipinski definition) is 1. The van der Waals surface area contributed by atoms with Crippen molar-refractivity contribution in [3.63, 3.8) is 0 Å². The number of aliphatic carboxylic acids is 1. The van der Waals surface area contributed by atoms with E-state index in [4.69, 9.17) is 9.84 Å². The summed E-state index contributed by atoms with van der Waals surface area (Å²) in [4.78, 5) is 32.8. The zero-order chi connectivity index (χ0) is 21.5. The summed E-state index contributed by atoms with van der Waals surface area (Å²) in [7, 11) is 1.33. The average molecular weight is 386 g/mol. The van der Waals surface area contributed by atoms with Crippen LogP contribution >= 0.6 is 0 Å². The van der Waals surface area contributed by atoms with E-state index in [1.807, 2.05) is 30.3 Å². The number of benzene rings is 1. The summed E-state index contributed by atoms with van der Waals surface area (Å²) in [5.74, 6) is -1.86. The quantitative estimate of drug-likeness (QED) is 0.433. The number of carboxylic acid groups (broad SMARTS) is 1. The largest absolute Gasteiger partial charge is 0.478 e. The zero-order valence-corrected chi connectivity index (χ0v) is 16.6. The Morgan fingerprint density at radius 2 is 1.68 bits per heavy atom. The summed E-state index contributed by atoms with van der Waals surface area (Å²) >= 11 is 0. The van der Waals surface area contributed by atoms with Crippen molar-refractivity contribution in [1.29, 1.82) is 0 Å². The lowest BCUT2D eigenvalue weighted by Crippen LogP contribution is -2.06. The minimum atomic E-state index is -1.03. The summed E-state index contributed by atoms with van der Waals surface area (Å²) in [6.07, 6.45) is 6.20. The van der Waals surface area contributed by atoms with Crippen molar-refractivity contribution in [2.24, 2.45) is 0 Å². The number of carbonyl (C=O) groups excluding carboxylic acids is 2. The van der Waals surface area contributed by atoms with E-state index in [2.05, 4.69) is 11.3 Å². The first kappa shape index (κ1) is 24.6. The maximum absolute atomic E-state index is 11.8. The number of methoxy groups -OCH3 is 1. The molecule has 1 N–H and O–H groups in total. The summed E-state index contributed by atoms with van der Waals surface area (Å²) in [6.45, 7) is 8.39. The second-order valence-electron chi connectivity index (χ2n) is 5.51. The van der Waals surface area contributed by atoms with Crippen LogP contribution in [0, 0.1) is 0 Å². The molecule has 0 atom stereocenters. The molecule has 0 saturated carbocycles. The van der Waals surface area contributed by atoms with Crippen LogP contribution in [0.1, 0.15) is 26.3 Å². The summed E-state index contributed by atoms with van der Waals surface area (Å²) in [5.41, 5.74) is 1.81. The highest BCUT2D eigenvalue weighted by atomic mass is 16.5. The van der Waals surface area contributed by atoms with Gasteiger partial charge in [-0.2, -0.15) is 0 Å². The molecule has 0 aliphatic heterocycles. The molecule has 0 aliphatic carbocycles. The Hall–Kier alpha value is -3.41. The van der Waals surface area contributed by atoms with E-state index in [-0.39, 0.29) is 18.1 Å². The fourth-order valence-electron chi connectivity index (χ4n) is 1.62. The van der Waals surface area contributed by atoms with Gasteiger partial charge < -0.3 is 14.6 Å². The van der Waals surface area contributed by atoms with E-state index in [1.54, 1.807) is 26.0 Å². The Kier molecular flexibility index (Phi) is 12.1. The monoisotopic (exact) mass is 386 g/mol. The van der Waals surface area contributed by atoms with Crippen LogP contribution in [0.5, 0.6) is 0 Å². The Labute approximate surface area is 165 Å². The topological polar surface area (TPSA) is 89.9 Å². The lowest BCUT2D eigenvalue weighted by Gasteiger charge is -2.02. The highest BCUT2D eigenvalue weighted by Crippen LogP contribution is 2.08. The molecular weight excluding hydrogens is 360 g/mol. The van der Waals surface area contributed by atoms with Crippen LogP contribution in [-0.4, -0.2) is 36.7 Å². The minimum Gasteiger partial charge on any atom is -0.478 e. The molecule has 1 aromatic rings. The average Bonchev–Trinajstić information content (AvgIpc) is 2.68. The fourth-order valence-corrected chi connectivity index (χ4v) is 1.62. The van der Waals surface area contributed by atoms with Gasteiger partial charge in [0.1, 0.15) is 0 Å². The third-order valence-electron chi connectivity index (χ3n) is 3.15. The molecule has 0 spiro atoms. The zero-order valence-electron chi connectivity index (χ0n) is 16.6. The molecule has 6 nitrogen and oxygen atoms in total. The minimum absolute atomic E-state index is 0.143. The molecule has 1 aromatic carbocycles. The molecule has 0 saturated heterocycles. The predicted molar refractivity (Wildman–Crippen MR) is 108 cm³/mol. The van der Waals surface area contributed by atoms with E-state index in [0.29, 0.717) is 11.1 Å². The molecule has 28 heavy (non-hydrogen) atoms. The van der Waals surface area contributed by atoms with Crippen LogP contribution in [0.4, 0.5) is 0 Å². The number of allylic oxidation sites excluding steroid dienone is 2. The Balaban J connectivity index is 0.000000887. The van der Waals surface area contributed by atoms with E-state index >= 15 is 0 Å². The Bertz CT molecular complexity index is 769. The lowest BCUT2D eigenvalue weighted by atomic mass is 10.1. The highest BCUT2D eigenvalue weighted by Gasteiger charge is 2.07. The first-order valence-corrected chi connectivity index (χ1v) is 8.48. The molecule has 0 radical (unpaired) electrons. The van der Waals surface area contributed by atoms with Gasteiger partial charge >= 0.3 is 17.9 Å². The summed E-state index contributed by atoms with van der Waals surface area (Å²) < 4.78 is 9.22. The van der Waals surface area contributed by atoms with Crippen molar-refractivity contribution >= 4 is 24.0 Å². The Morgan fingerprint density at radius 3 is 2.11 bits per heavy atom. The maximum Gasteiger partial charge on any atom is 0.338 e. The van der Waals surface area contributed by atoms with E-state index < -0.39 is 11.9 Å². The molecule has 0 heterocycles. The maximum atomic E-state index is 11.8. The van der Waals surface area contributed by atoms with Gasteiger partial charge in [0.25, 0.3) is 0 Å². The third kappa shape index (κ3) is 10.6. The first-order chi connectivity index (χ1) is 13.2. The number of hydrogen-bond acceptors (Lipinski definition) is 5. The molecule has 6 heteroatoms. The van der Waals surface area contributed by atoms with Gasteiger partial charge in [-0.05, 0) is 38.5 Å². The second kappa shape index (κ2) is 13.7. The standard InChI is InChI=1S/C17H18O4.C5H8O2/c1-3-21-17(20)15(11-9-13(2)16(18)19)12-10-14-7-5-4-6-8-14;1-4(2)5(6)7-3/h4-12H,3H2,1-2H3,(H,18,19);1H2,2-3H3. The molecule has 0 bridgehead atoms. The number of ether oxygens (including phenoxy) is 2. The van der Waals surface area contributed by atoms with Gasteiger partial charge in [-0.15, -0.1) is 0 Å². The van der Waals surface area contributed by atoms with E-state index in [0.717, 1.165) is 5.56 Å². The molecule has 0 amide bonds. The molecule has 0 aliphatic rings. The van der Waals surface area contributed by atoms with Crippen molar-refractivity contribution in [2.75, 3.05) is 13.7 Å². The normalized spacial score (nSPS) is 11.3. The van der Waals surface area contributed by atoms with Crippen molar-refractivity contribution in [3.8, 4) is 0 Å². The fraction of sp³-hybridized carbons (Fsp3) is 0.227. The SMILES string of the molecule is C=C(C)C(=O)OC.CCOC(=O)C(C=Cc1ccccc1)=CC=C(C)C(=O)O. The van der Waals surface area contributed by atoms with Gasteiger partial charge in [0.05, 0.1) is 19.3 Å². The van der Waals surface area contributed by atoms with Gasteiger partial charge in [-0.25, -0.2) is 14.4 Å². The van der Waals surface area contributed by atoms with Crippen LogP contribution in [0.2, 0.25) is 0 Å². The van der Waals surface area contributed by atoms with Gasteiger partial charge in [-0.1, -0.05) is 49.1 Å². The van der Waals surface area contributed by atoms with Crippen molar-refractivity contribution in [3.05, 3.63) is 77.4 Å². The third-order valence-corrected chi connectivity index (χ3v) is 3.15. The van der Waals surface area contributed by atoms with Gasteiger partial charge in [0.15, 0.2) is 0 Å². The van der Waals surface area contributed by atoms with E-state index in [9.17, 15) is 14.4 Å². The molecule has 0 unspecified atom stereocenters. The molecule has 0 fully saturated rings. The number of carboxylic acids is 1. The van der Waals surface area contributed by atoms with Gasteiger partial charge in [-0.3, -0.25) is 0 Å². The highest BCUT2D eigenvalue weighted by molar-refractivity contribution is 5.94. The molecular formula is C22H26O6. The van der Waals surface area contributed by atoms with Crippen molar-refractivity contribution in [1.82, 2.24) is 0 Å². The van der Waals surface area contributed by atoms with E-state index in [1.165, 1.54) is 26.2 Å². The van der Waals surface area contributed by atoms with Crippen LogP contribution < -0.4 is 0 Å². The lowest BCUT2D eigenvalue weighted by molar-refractivity contribution is -0.138. The predicted octanol–water partition coefficient (Wildman–Crippen LogP) is 3.96. The summed E-state index contributed by atoms with van der Waals surface area (Å²) in [6, 6.07) is 9.48. The second-order valence-corrected chi connectivity index (χ2v) is 5.51. The van der Waals surface area contributed by atoms with Crippen LogP contribution in [0.15, 0.2) is 71.9 Å². The first-order valence-electron chi connectivity index (χ1n) is 8.48. The summed E-state index contributed by atoms with van der Waals surface area (Å²) in [5, 5.41) is 8.81. The van der Waals surface area contributed by atoms with Crippen LogP contribution in [-0.2, 0) is 23.9 Å². The van der Waals surface area contributed by atoms with Crippen LogP contribution in [0.3, 0.4) is 0 Å². The van der Waals surface area contributed by atoms with Crippen LogP contribution in [0.25, 0.3) is 6.08 Å². The number of rotatable bonds is 7. The number of esters is 2. The Morgan fingerprint density at radius 1 is 1.07 bits per heavy atom. The molecule has 1 rings (SSSR count). The smallest absolute Gasteiger partial charge is 0.338 e. The van der Waals surface area contributed by atoms with Gasteiger partial charge in [0, 0.05) is 11.1 Å². The van der Waals surface area contributed by atoms with Crippen molar-refractivity contribution in [2.45, 2.75) is 20.8 Å². The molecule has 0 aromatic heterocycles.